The number of aryl methyl sites for hydroxylation is 1. The molecule has 0 radical (unpaired) electrons. The molecule has 0 N–H and O–H groups in total. The van der Waals surface area contributed by atoms with Gasteiger partial charge in [-0.05, 0) is 31.7 Å². The summed E-state index contributed by atoms with van der Waals surface area (Å²) in [6.07, 6.45) is 3.62. The summed E-state index contributed by atoms with van der Waals surface area (Å²) >= 11 is 3.10. The lowest BCUT2D eigenvalue weighted by atomic mass is 10.3. The molecule has 0 bridgehead atoms. The molecule has 0 saturated carbocycles. The van der Waals surface area contributed by atoms with Crippen LogP contribution in [0.3, 0.4) is 0 Å². The summed E-state index contributed by atoms with van der Waals surface area (Å²) in [6.45, 7) is 7.07. The third kappa shape index (κ3) is 3.51. The Kier molecular flexibility index (Phi) is 4.64. The van der Waals surface area contributed by atoms with Crippen molar-refractivity contribution in [2.75, 3.05) is 31.2 Å². The molecule has 1 aliphatic rings. The molecule has 1 aliphatic heterocycles. The first-order chi connectivity index (χ1) is 12.2. The highest BCUT2D eigenvalue weighted by atomic mass is 32.2. The number of nitrogens with zero attached hydrogens (tertiary/aromatic N) is 7. The molecular formula is C15H17N7OS2. The molecule has 1 fully saturated rings. The third-order valence-corrected chi connectivity index (χ3v) is 5.90. The second-order valence-electron chi connectivity index (χ2n) is 5.53. The lowest BCUT2D eigenvalue weighted by Gasteiger charge is -2.25. The normalized spacial score (nSPS) is 14.9. The van der Waals surface area contributed by atoms with Crippen LogP contribution in [0.4, 0.5) is 5.13 Å². The number of anilines is 1. The minimum absolute atomic E-state index is 0.705. The van der Waals surface area contributed by atoms with Crippen molar-refractivity contribution in [3.63, 3.8) is 0 Å². The van der Waals surface area contributed by atoms with Crippen molar-refractivity contribution < 1.29 is 4.74 Å². The highest BCUT2D eigenvalue weighted by Crippen LogP contribution is 2.35. The van der Waals surface area contributed by atoms with E-state index >= 15 is 0 Å². The van der Waals surface area contributed by atoms with E-state index in [2.05, 4.69) is 30.2 Å². The van der Waals surface area contributed by atoms with E-state index < -0.39 is 0 Å². The van der Waals surface area contributed by atoms with E-state index in [-0.39, 0.29) is 0 Å². The first-order valence-electron chi connectivity index (χ1n) is 7.90. The maximum Gasteiger partial charge on any atom is 0.209 e. The van der Waals surface area contributed by atoms with Gasteiger partial charge in [-0.3, -0.25) is 0 Å². The predicted molar refractivity (Wildman–Crippen MR) is 95.7 cm³/mol. The predicted octanol–water partition coefficient (Wildman–Crippen LogP) is 2.12. The summed E-state index contributed by atoms with van der Waals surface area (Å²) in [5, 5.41) is 14.7. The average molecular weight is 375 g/mol. The van der Waals surface area contributed by atoms with Gasteiger partial charge >= 0.3 is 0 Å². The highest BCUT2D eigenvalue weighted by molar-refractivity contribution is 8.01. The summed E-state index contributed by atoms with van der Waals surface area (Å²) < 4.78 is 8.01. The van der Waals surface area contributed by atoms with Crippen molar-refractivity contribution in [1.82, 2.24) is 29.9 Å². The fourth-order valence-electron chi connectivity index (χ4n) is 2.51. The number of morpholine rings is 1. The SMILES string of the molecule is Cc1nc(Sc2nnc(N3CCOCC3)s2)c(C)c(-n2cccn2)n1. The van der Waals surface area contributed by atoms with Gasteiger partial charge in [0, 0.05) is 31.0 Å². The zero-order valence-corrected chi connectivity index (χ0v) is 15.5. The Morgan fingerprint density at radius 2 is 2.00 bits per heavy atom. The zero-order chi connectivity index (χ0) is 17.2. The Labute approximate surface area is 153 Å². The van der Waals surface area contributed by atoms with Crippen molar-refractivity contribution in [3.8, 4) is 5.82 Å². The van der Waals surface area contributed by atoms with Gasteiger partial charge in [0.05, 0.1) is 13.2 Å². The Morgan fingerprint density at radius 1 is 1.16 bits per heavy atom. The molecule has 0 amide bonds. The highest BCUT2D eigenvalue weighted by Gasteiger charge is 2.18. The number of hydrogen-bond donors (Lipinski definition) is 0. The maximum absolute atomic E-state index is 5.39. The van der Waals surface area contributed by atoms with Gasteiger partial charge in [0.15, 0.2) is 10.2 Å². The largest absolute Gasteiger partial charge is 0.378 e. The maximum atomic E-state index is 5.39. The van der Waals surface area contributed by atoms with E-state index in [0.717, 1.165) is 52.2 Å². The smallest absolute Gasteiger partial charge is 0.209 e. The topological polar surface area (TPSA) is 81.9 Å². The number of ether oxygens (including phenoxy) is 1. The van der Waals surface area contributed by atoms with Gasteiger partial charge in [-0.25, -0.2) is 14.6 Å². The molecule has 0 spiro atoms. The molecule has 10 heteroatoms. The van der Waals surface area contributed by atoms with Gasteiger partial charge in [-0.1, -0.05) is 11.3 Å². The number of hydrogen-bond acceptors (Lipinski definition) is 9. The van der Waals surface area contributed by atoms with Crippen molar-refractivity contribution in [2.24, 2.45) is 0 Å². The van der Waals surface area contributed by atoms with E-state index in [1.165, 1.54) is 11.8 Å². The summed E-state index contributed by atoms with van der Waals surface area (Å²) in [5.74, 6) is 1.49. The van der Waals surface area contributed by atoms with Crippen LogP contribution in [0.25, 0.3) is 5.82 Å². The van der Waals surface area contributed by atoms with Gasteiger partial charge in [0.2, 0.25) is 5.13 Å². The first kappa shape index (κ1) is 16.4. The molecule has 4 heterocycles. The van der Waals surface area contributed by atoms with Crippen LogP contribution in [0, 0.1) is 13.8 Å². The molecular weight excluding hydrogens is 358 g/mol. The molecule has 3 aromatic heterocycles. The van der Waals surface area contributed by atoms with Gasteiger partial charge in [0.25, 0.3) is 0 Å². The molecule has 8 nitrogen and oxygen atoms in total. The summed E-state index contributed by atoms with van der Waals surface area (Å²) in [6, 6.07) is 1.88. The van der Waals surface area contributed by atoms with Crippen LogP contribution >= 0.6 is 23.1 Å². The van der Waals surface area contributed by atoms with Crippen LogP contribution in [0.15, 0.2) is 27.8 Å². The quantitative estimate of drug-likeness (QED) is 0.642. The van der Waals surface area contributed by atoms with Crippen molar-refractivity contribution >= 4 is 28.2 Å². The summed E-state index contributed by atoms with van der Waals surface area (Å²) in [7, 11) is 0. The van der Waals surface area contributed by atoms with E-state index in [0.29, 0.717) is 5.82 Å². The Balaban J connectivity index is 1.60. The molecule has 0 atom stereocenters. The van der Waals surface area contributed by atoms with Crippen LogP contribution in [-0.2, 0) is 4.74 Å². The van der Waals surface area contributed by atoms with E-state index in [1.807, 2.05) is 26.1 Å². The first-order valence-corrected chi connectivity index (χ1v) is 9.53. The summed E-state index contributed by atoms with van der Waals surface area (Å²) in [4.78, 5) is 11.3. The monoisotopic (exact) mass is 375 g/mol. The van der Waals surface area contributed by atoms with Crippen LogP contribution in [-0.4, -0.2) is 56.2 Å². The molecule has 1 saturated heterocycles. The lowest BCUT2D eigenvalue weighted by Crippen LogP contribution is -2.36. The number of aromatic nitrogens is 6. The minimum atomic E-state index is 0.705. The fraction of sp³-hybridized carbons (Fsp3) is 0.400. The van der Waals surface area contributed by atoms with Crippen molar-refractivity contribution in [2.45, 2.75) is 23.2 Å². The molecule has 3 aromatic rings. The van der Waals surface area contributed by atoms with Crippen LogP contribution in [0.5, 0.6) is 0 Å². The molecule has 0 aromatic carbocycles. The van der Waals surface area contributed by atoms with Crippen LogP contribution in [0.1, 0.15) is 11.4 Å². The molecule has 4 rings (SSSR count). The van der Waals surface area contributed by atoms with Gasteiger partial charge in [-0.2, -0.15) is 5.10 Å². The second-order valence-corrected chi connectivity index (χ2v) is 7.72. The van der Waals surface area contributed by atoms with Crippen LogP contribution in [0.2, 0.25) is 0 Å². The number of rotatable bonds is 4. The van der Waals surface area contributed by atoms with Crippen LogP contribution < -0.4 is 4.90 Å². The lowest BCUT2D eigenvalue weighted by molar-refractivity contribution is 0.122. The third-order valence-electron chi connectivity index (χ3n) is 3.77. The average Bonchev–Trinajstić information content (AvgIpc) is 3.30. The zero-order valence-electron chi connectivity index (χ0n) is 13.9. The Morgan fingerprint density at radius 3 is 2.76 bits per heavy atom. The Hall–Kier alpha value is -2.04. The minimum Gasteiger partial charge on any atom is -0.378 e. The Bertz CT molecular complexity index is 859. The molecule has 0 unspecified atom stereocenters. The van der Waals surface area contributed by atoms with Crippen molar-refractivity contribution in [1.29, 1.82) is 0 Å². The van der Waals surface area contributed by atoms with Gasteiger partial charge in [0.1, 0.15) is 10.9 Å². The fourth-order valence-corrected chi connectivity index (χ4v) is 4.44. The molecule has 0 aliphatic carbocycles. The van der Waals surface area contributed by atoms with E-state index in [1.54, 1.807) is 22.2 Å². The molecule has 25 heavy (non-hydrogen) atoms. The standard InChI is InChI=1S/C15H17N7OS2/c1-10-12(22-5-3-4-16-22)17-11(2)18-13(10)24-15-20-19-14(25-15)21-6-8-23-9-7-21/h3-5H,6-9H2,1-2H3. The van der Waals surface area contributed by atoms with E-state index in [4.69, 9.17) is 4.74 Å². The van der Waals surface area contributed by atoms with E-state index in [9.17, 15) is 0 Å². The van der Waals surface area contributed by atoms with Gasteiger partial charge < -0.3 is 9.64 Å². The van der Waals surface area contributed by atoms with Crippen molar-refractivity contribution in [3.05, 3.63) is 29.8 Å². The van der Waals surface area contributed by atoms with Gasteiger partial charge in [-0.15, -0.1) is 10.2 Å². The summed E-state index contributed by atoms with van der Waals surface area (Å²) in [5.41, 5.74) is 0.974. The second kappa shape index (κ2) is 7.06. The molecule has 130 valence electrons.